The Balaban J connectivity index is 1.90. The maximum Gasteiger partial charge on any atom is 0.472 e. The number of rotatable bonds is 79. The number of hydrogen-bond donors (Lipinski definition) is 10. The van der Waals surface area contributed by atoms with Gasteiger partial charge in [0.05, 0.1) is 13.2 Å². The van der Waals surface area contributed by atoms with E-state index in [2.05, 4.69) is 39.8 Å². The van der Waals surface area contributed by atoms with Crippen molar-refractivity contribution in [3.8, 4) is 0 Å². The molecule has 0 bridgehead atoms. The summed E-state index contributed by atoms with van der Waals surface area (Å²) in [6.07, 6.45) is 31.9. The number of carbonyl (C=O) groups is 4. The standard InChI is InChI=1S/C93H173O25P/c1-5-9-13-17-21-25-29-33-36-39-42-46-50-54-58-62-66-77(96)110-72-75-81(100)83(102)87(106)93(114-75)117-90-88(115-79(98)68-64-60-56-52-48-43-38-35-31-27-23-19-15-11-7-3)84(103)85(104)89(116-92-86(105)82(101)80(99)74(69-94)113-92)91(90)118-119(107,108)111-71-73(70-109-76(95)65-61-57-53-49-45-41-32-28-24-20-16-12-8-4)112-78(97)67-63-59-55-51-47-44-40-37-34-30-26-22-18-14-10-6-2/h41,45,73-75,80-94,99-106H,5-40,42-44,46-72H2,1-4H3,(H,107,108)/b45-41-. The summed E-state index contributed by atoms with van der Waals surface area (Å²) < 4.78 is 73.5. The zero-order valence-electron chi connectivity index (χ0n) is 74.7. The molecule has 3 aliphatic rings. The Labute approximate surface area is 718 Å². The molecule has 18 atom stereocenters. The normalized spacial score (nSPS) is 24.8. The number of aliphatic hydroxyl groups is 9. The summed E-state index contributed by atoms with van der Waals surface area (Å²) in [5.41, 5.74) is 0. The van der Waals surface area contributed by atoms with Crippen LogP contribution in [0.4, 0.5) is 0 Å². The van der Waals surface area contributed by atoms with E-state index in [1.54, 1.807) is 0 Å². The van der Waals surface area contributed by atoms with E-state index in [9.17, 15) is 74.6 Å². The van der Waals surface area contributed by atoms with Crippen molar-refractivity contribution in [1.29, 1.82) is 0 Å². The Morgan fingerprint density at radius 3 is 1.01 bits per heavy atom. The molecule has 18 unspecified atom stereocenters. The number of aliphatic hydroxyl groups excluding tert-OH is 9. The van der Waals surface area contributed by atoms with E-state index in [0.29, 0.717) is 32.1 Å². The second-order valence-corrected chi connectivity index (χ2v) is 36.0. The van der Waals surface area contributed by atoms with Crippen LogP contribution in [0.25, 0.3) is 0 Å². The van der Waals surface area contributed by atoms with Crippen LogP contribution in [0, 0.1) is 0 Å². The van der Waals surface area contributed by atoms with E-state index in [1.807, 2.05) is 0 Å². The lowest BCUT2D eigenvalue weighted by Crippen LogP contribution is -2.70. The molecule has 0 aromatic carbocycles. The van der Waals surface area contributed by atoms with Gasteiger partial charge in [0.15, 0.2) is 24.8 Å². The molecule has 10 N–H and O–H groups in total. The first-order chi connectivity index (χ1) is 57.7. The highest BCUT2D eigenvalue weighted by Crippen LogP contribution is 2.49. The minimum absolute atomic E-state index is 0.0169. The van der Waals surface area contributed by atoms with Gasteiger partial charge in [0.2, 0.25) is 0 Å². The predicted octanol–water partition coefficient (Wildman–Crippen LogP) is 18.3. The third-order valence-electron chi connectivity index (χ3n) is 23.8. The van der Waals surface area contributed by atoms with Gasteiger partial charge < -0.3 is 88.7 Å². The summed E-state index contributed by atoms with van der Waals surface area (Å²) in [7, 11) is -5.81. The zero-order valence-corrected chi connectivity index (χ0v) is 75.6. The van der Waals surface area contributed by atoms with Crippen LogP contribution in [0.3, 0.4) is 0 Å². The molecule has 119 heavy (non-hydrogen) atoms. The Kier molecular flexibility index (Phi) is 67.0. The molecular formula is C93H173O25P. The van der Waals surface area contributed by atoms with Crippen LogP contribution in [0.2, 0.25) is 0 Å². The van der Waals surface area contributed by atoms with Crippen molar-refractivity contribution in [2.75, 3.05) is 26.4 Å². The van der Waals surface area contributed by atoms with Crippen LogP contribution in [0.1, 0.15) is 426 Å². The molecule has 0 spiro atoms. The van der Waals surface area contributed by atoms with Crippen LogP contribution in [-0.4, -0.2) is 205 Å². The van der Waals surface area contributed by atoms with Gasteiger partial charge in [-0.3, -0.25) is 28.2 Å². The fourth-order valence-electron chi connectivity index (χ4n) is 16.1. The average molecular weight is 1720 g/mol. The fraction of sp³-hybridized carbons (Fsp3) is 0.935. The van der Waals surface area contributed by atoms with E-state index >= 15 is 0 Å². The zero-order chi connectivity index (χ0) is 86.8. The van der Waals surface area contributed by atoms with Gasteiger partial charge in [0.25, 0.3) is 0 Å². The molecule has 0 aromatic rings. The number of hydrogen-bond acceptors (Lipinski definition) is 24. The van der Waals surface area contributed by atoms with Crippen molar-refractivity contribution >= 4 is 31.7 Å². The molecule has 25 nitrogen and oxygen atoms in total. The van der Waals surface area contributed by atoms with Gasteiger partial charge in [-0.15, -0.1) is 0 Å². The van der Waals surface area contributed by atoms with Gasteiger partial charge >= 0.3 is 31.7 Å². The second kappa shape index (κ2) is 72.3. The maximum absolute atomic E-state index is 14.9. The largest absolute Gasteiger partial charge is 0.472 e. The van der Waals surface area contributed by atoms with Crippen LogP contribution < -0.4 is 0 Å². The summed E-state index contributed by atoms with van der Waals surface area (Å²) >= 11 is 0. The first-order valence-electron chi connectivity index (χ1n) is 48.4. The van der Waals surface area contributed by atoms with Crippen LogP contribution >= 0.6 is 7.82 Å². The molecule has 26 heteroatoms. The smallest absolute Gasteiger partial charge is 0.463 e. The lowest BCUT2D eigenvalue weighted by molar-refractivity contribution is -0.360. The summed E-state index contributed by atoms with van der Waals surface area (Å²) in [5.74, 6) is -2.96. The highest BCUT2D eigenvalue weighted by Gasteiger charge is 2.60. The molecule has 0 aromatic heterocycles. The molecule has 3 rings (SSSR count). The monoisotopic (exact) mass is 1720 g/mol. The minimum Gasteiger partial charge on any atom is -0.463 e. The van der Waals surface area contributed by atoms with Crippen molar-refractivity contribution in [2.24, 2.45) is 0 Å². The molecule has 2 aliphatic heterocycles. The van der Waals surface area contributed by atoms with Crippen molar-refractivity contribution in [3.05, 3.63) is 12.2 Å². The molecule has 1 aliphatic carbocycles. The third kappa shape index (κ3) is 52.2. The van der Waals surface area contributed by atoms with Crippen molar-refractivity contribution < 1.29 is 122 Å². The highest BCUT2D eigenvalue weighted by atomic mass is 31.2. The van der Waals surface area contributed by atoms with E-state index < -0.39 is 162 Å². The molecular weight excluding hydrogens is 1550 g/mol. The van der Waals surface area contributed by atoms with Gasteiger partial charge in [0.1, 0.15) is 92.6 Å². The Morgan fingerprint density at radius 1 is 0.328 bits per heavy atom. The van der Waals surface area contributed by atoms with Gasteiger partial charge in [-0.05, 0) is 51.4 Å². The molecule has 1 saturated carbocycles. The first kappa shape index (κ1) is 110. The lowest BCUT2D eigenvalue weighted by Gasteiger charge is -2.50. The summed E-state index contributed by atoms with van der Waals surface area (Å²) in [6.45, 7) is 5.62. The summed E-state index contributed by atoms with van der Waals surface area (Å²) in [5, 5.41) is 102. The molecule has 0 amide bonds. The van der Waals surface area contributed by atoms with Crippen LogP contribution in [0.15, 0.2) is 12.2 Å². The Hall–Kier alpha value is -2.79. The van der Waals surface area contributed by atoms with E-state index in [4.69, 9.17) is 46.9 Å². The minimum atomic E-state index is -5.81. The van der Waals surface area contributed by atoms with Crippen molar-refractivity contribution in [1.82, 2.24) is 0 Å². The number of esters is 4. The van der Waals surface area contributed by atoms with Crippen molar-refractivity contribution in [2.45, 2.75) is 530 Å². The maximum atomic E-state index is 14.9. The first-order valence-corrected chi connectivity index (χ1v) is 49.9. The molecule has 2 heterocycles. The van der Waals surface area contributed by atoms with Gasteiger partial charge in [-0.25, -0.2) is 4.57 Å². The van der Waals surface area contributed by atoms with E-state index in [1.165, 1.54) is 212 Å². The van der Waals surface area contributed by atoms with Gasteiger partial charge in [0, 0.05) is 25.7 Å². The predicted molar refractivity (Wildman–Crippen MR) is 463 cm³/mol. The Morgan fingerprint density at radius 2 is 0.630 bits per heavy atom. The summed E-state index contributed by atoms with van der Waals surface area (Å²) in [4.78, 5) is 66.5. The number of allylic oxidation sites excluding steroid dienone is 2. The molecule has 0 radical (unpaired) electrons. The summed E-state index contributed by atoms with van der Waals surface area (Å²) in [6, 6.07) is 0. The van der Waals surface area contributed by atoms with Crippen molar-refractivity contribution in [3.63, 3.8) is 0 Å². The molecule has 3 fully saturated rings. The number of phosphoric ester groups is 1. The third-order valence-corrected chi connectivity index (χ3v) is 24.8. The second-order valence-electron chi connectivity index (χ2n) is 34.6. The van der Waals surface area contributed by atoms with E-state index in [0.717, 1.165) is 128 Å². The Bertz CT molecular complexity index is 2520. The number of carbonyl (C=O) groups excluding carboxylic acids is 4. The molecule has 2 saturated heterocycles. The lowest BCUT2D eigenvalue weighted by atomic mass is 9.84. The molecule has 700 valence electrons. The van der Waals surface area contributed by atoms with Crippen LogP contribution in [0.5, 0.6) is 0 Å². The van der Waals surface area contributed by atoms with Gasteiger partial charge in [-0.1, -0.05) is 361 Å². The average Bonchev–Trinajstić information content (AvgIpc) is 0.753. The topological polar surface area (TPSA) is 380 Å². The number of unbranched alkanes of at least 4 members (excludes halogenated alkanes) is 53. The quantitative estimate of drug-likeness (QED) is 0.00889. The SMILES string of the molecule is CCCCCCCC/C=C\CCCCCC(=O)OCC(COP(=O)(O)OC1C(OC2OC(CO)C(O)C(O)C2O)C(O)C(O)C(OC(=O)CCCCCCCCCCCCCCCCC)C1OC1OC(COC(=O)CCCCCCCCCCCCCCCCCC)C(O)C(O)C1O)OC(=O)CCCCCCCCCCCCCCCCCC. The fourth-order valence-corrected chi connectivity index (χ4v) is 17.0. The number of phosphoric acid groups is 1. The van der Waals surface area contributed by atoms with Crippen LogP contribution in [-0.2, 0) is 70.7 Å². The van der Waals surface area contributed by atoms with E-state index in [-0.39, 0.29) is 25.7 Å². The van der Waals surface area contributed by atoms with Gasteiger partial charge in [-0.2, -0.15) is 0 Å². The number of ether oxygens (including phenoxy) is 8. The highest BCUT2D eigenvalue weighted by molar-refractivity contribution is 7.47.